The van der Waals surface area contributed by atoms with Crippen LogP contribution in [0.5, 0.6) is 5.75 Å². The summed E-state index contributed by atoms with van der Waals surface area (Å²) in [5.74, 6) is -1.01. The number of phenols is 1. The van der Waals surface area contributed by atoms with Crippen LogP contribution in [0.2, 0.25) is 25.1 Å². The Labute approximate surface area is 289 Å². The van der Waals surface area contributed by atoms with Crippen LogP contribution >= 0.6 is 58.0 Å². The van der Waals surface area contributed by atoms with Gasteiger partial charge in [0.05, 0.1) is 28.3 Å². The van der Waals surface area contributed by atoms with Crippen LogP contribution in [0.1, 0.15) is 135 Å². The molecule has 0 radical (unpaired) electrons. The highest BCUT2D eigenvalue weighted by molar-refractivity contribution is 6.55. The average Bonchev–Trinajstić information content (AvgIpc) is 3.02. The first-order valence-corrected chi connectivity index (χ1v) is 17.8. The minimum absolute atomic E-state index is 0.00904. The van der Waals surface area contributed by atoms with Crippen LogP contribution in [-0.2, 0) is 4.79 Å². The van der Waals surface area contributed by atoms with Gasteiger partial charge >= 0.3 is 5.97 Å². The average molecular weight is 729 g/mol. The molecule has 0 bridgehead atoms. The van der Waals surface area contributed by atoms with E-state index in [4.69, 9.17) is 83.5 Å². The van der Waals surface area contributed by atoms with E-state index in [2.05, 4.69) is 6.92 Å². The van der Waals surface area contributed by atoms with Crippen molar-refractivity contribution >= 4 is 64.0 Å². The lowest BCUT2D eigenvalue weighted by atomic mass is 10.0. The number of aromatic hydroxyl groups is 1. The van der Waals surface area contributed by atoms with Crippen molar-refractivity contribution in [3.8, 4) is 5.75 Å². The predicted molar refractivity (Wildman–Crippen MR) is 185 cm³/mol. The van der Waals surface area contributed by atoms with Gasteiger partial charge in [-0.05, 0) is 6.42 Å². The van der Waals surface area contributed by atoms with Crippen LogP contribution in [-0.4, -0.2) is 62.0 Å². The van der Waals surface area contributed by atoms with Crippen LogP contribution in [0.15, 0.2) is 0 Å². The zero-order valence-electron chi connectivity index (χ0n) is 26.2. The van der Waals surface area contributed by atoms with Crippen LogP contribution in [0.4, 0.5) is 0 Å². The number of carboxylic acids is 1. The minimum Gasteiger partial charge on any atom is -0.505 e. The number of aliphatic hydroxyl groups is 4. The molecule has 260 valence electrons. The largest absolute Gasteiger partial charge is 0.505 e. The number of aliphatic hydroxyl groups excluding tert-OH is 4. The van der Waals surface area contributed by atoms with E-state index < -0.39 is 31.4 Å². The summed E-state index contributed by atoms with van der Waals surface area (Å²) in [5.41, 5.74) is 0. The predicted octanol–water partition coefficient (Wildman–Crippen LogP) is 10.2. The number of rotatable bonds is 23. The second kappa shape index (κ2) is 31.4. The molecular formula is C32H55Cl5O7. The summed E-state index contributed by atoms with van der Waals surface area (Å²) < 4.78 is 0. The Hall–Kier alpha value is -0.220. The molecule has 1 rings (SSSR count). The third kappa shape index (κ3) is 24.9. The third-order valence-corrected chi connectivity index (χ3v) is 9.26. The maximum atomic E-state index is 10.4. The van der Waals surface area contributed by atoms with Crippen molar-refractivity contribution < 1.29 is 35.4 Å². The van der Waals surface area contributed by atoms with Gasteiger partial charge in [-0.25, -0.2) is 0 Å². The summed E-state index contributed by atoms with van der Waals surface area (Å²) in [5, 5.41) is 50.7. The molecule has 0 aromatic heterocycles. The number of hydrogen-bond acceptors (Lipinski definition) is 6. The first-order valence-electron chi connectivity index (χ1n) is 16.0. The normalized spacial score (nSPS) is 12.1. The van der Waals surface area contributed by atoms with Crippen LogP contribution in [0.25, 0.3) is 0 Å². The van der Waals surface area contributed by atoms with Crippen molar-refractivity contribution in [3.63, 3.8) is 0 Å². The Bertz CT molecular complexity index is 733. The molecular weight excluding hydrogens is 674 g/mol. The summed E-state index contributed by atoms with van der Waals surface area (Å²) in [6, 6.07) is 0. The first kappa shape index (κ1) is 45.9. The van der Waals surface area contributed by atoms with Crippen LogP contribution in [0.3, 0.4) is 0 Å². The van der Waals surface area contributed by atoms with E-state index in [-0.39, 0.29) is 30.9 Å². The van der Waals surface area contributed by atoms with E-state index in [1.165, 1.54) is 109 Å². The lowest BCUT2D eigenvalue weighted by Crippen LogP contribution is -2.31. The maximum absolute atomic E-state index is 10.4. The lowest BCUT2D eigenvalue weighted by Gasteiger charge is -2.10. The first-order chi connectivity index (χ1) is 21.0. The van der Waals surface area contributed by atoms with Crippen molar-refractivity contribution in [2.45, 2.75) is 148 Å². The van der Waals surface area contributed by atoms with Crippen molar-refractivity contribution in [1.82, 2.24) is 0 Å². The number of benzene rings is 1. The highest BCUT2D eigenvalue weighted by Gasteiger charge is 2.18. The van der Waals surface area contributed by atoms with Gasteiger partial charge in [-0.1, -0.05) is 181 Å². The molecule has 0 spiro atoms. The topological polar surface area (TPSA) is 138 Å². The molecule has 7 nitrogen and oxygen atoms in total. The molecule has 0 saturated heterocycles. The number of carbonyl (C=O) groups is 1. The van der Waals surface area contributed by atoms with Crippen LogP contribution in [0, 0.1) is 0 Å². The highest BCUT2D eigenvalue weighted by atomic mass is 35.5. The van der Waals surface area contributed by atoms with E-state index in [1.807, 2.05) is 0 Å². The molecule has 44 heavy (non-hydrogen) atoms. The molecule has 6 N–H and O–H groups in total. The maximum Gasteiger partial charge on any atom is 0.303 e. The molecule has 0 saturated carbocycles. The molecule has 2 unspecified atom stereocenters. The molecule has 0 fully saturated rings. The number of unbranched alkanes of at least 4 members (excludes halogenated alkanes) is 18. The number of phenolic OH excluding ortho intramolecular Hbond substituents is 1. The van der Waals surface area contributed by atoms with E-state index in [9.17, 15) is 9.90 Å². The fourth-order valence-electron chi connectivity index (χ4n) is 4.19. The molecule has 12 heteroatoms. The molecule has 1 aromatic rings. The Balaban J connectivity index is 0. The molecule has 0 aliphatic heterocycles. The van der Waals surface area contributed by atoms with Crippen molar-refractivity contribution in [1.29, 1.82) is 0 Å². The number of halogens is 5. The SMILES string of the molecule is CCCCCCCCCCCCCCCCCCCCCC(=O)O.OCC(O)C(O)CO.Oc1c(Cl)c(Cl)c(Cl)c(Cl)c1Cl. The van der Waals surface area contributed by atoms with Gasteiger partial charge in [-0.2, -0.15) is 0 Å². The Morgan fingerprint density at radius 1 is 0.523 bits per heavy atom. The van der Waals surface area contributed by atoms with Crippen LogP contribution < -0.4 is 0 Å². The van der Waals surface area contributed by atoms with Crippen molar-refractivity contribution in [2.75, 3.05) is 13.2 Å². The van der Waals surface area contributed by atoms with E-state index in [1.54, 1.807) is 0 Å². The molecule has 0 heterocycles. The van der Waals surface area contributed by atoms with Crippen molar-refractivity contribution in [2.24, 2.45) is 0 Å². The van der Waals surface area contributed by atoms with E-state index in [0.717, 1.165) is 12.8 Å². The second-order valence-corrected chi connectivity index (χ2v) is 12.8. The Morgan fingerprint density at radius 2 is 0.773 bits per heavy atom. The highest BCUT2D eigenvalue weighted by Crippen LogP contribution is 2.47. The lowest BCUT2D eigenvalue weighted by molar-refractivity contribution is -0.137. The van der Waals surface area contributed by atoms with Gasteiger partial charge in [0.2, 0.25) is 0 Å². The van der Waals surface area contributed by atoms with Gasteiger partial charge < -0.3 is 30.6 Å². The number of hydrogen-bond donors (Lipinski definition) is 6. The molecule has 0 aliphatic rings. The van der Waals surface area contributed by atoms with Gasteiger partial charge in [-0.15, -0.1) is 0 Å². The molecule has 2 atom stereocenters. The number of aliphatic carboxylic acids is 1. The van der Waals surface area contributed by atoms with Gasteiger partial charge in [-0.3, -0.25) is 4.79 Å². The van der Waals surface area contributed by atoms with E-state index >= 15 is 0 Å². The fourth-order valence-corrected chi connectivity index (χ4v) is 5.32. The quantitative estimate of drug-likeness (QED) is 0.0375. The van der Waals surface area contributed by atoms with Gasteiger partial charge in [0.1, 0.15) is 22.3 Å². The zero-order chi connectivity index (χ0) is 33.8. The monoisotopic (exact) mass is 726 g/mol. The standard InChI is InChI=1S/C22H44O2.C6HCl5O.C4H10O4/c1-2-3-4-5-6-7-8-9-10-11-12-13-14-15-16-17-18-19-20-21-22(23)24;7-1-2(8)4(10)6(12)5(11)3(1)9;5-1-3(7)4(8)2-6/h2-21H2,1H3,(H,23,24);12H;3-8H,1-2H2. The summed E-state index contributed by atoms with van der Waals surface area (Å²) in [6.07, 6.45) is 23.7. The number of carboxylic acid groups (broad SMARTS) is 1. The van der Waals surface area contributed by atoms with Gasteiger partial charge in [0, 0.05) is 6.42 Å². The molecule has 1 aromatic carbocycles. The van der Waals surface area contributed by atoms with Gasteiger partial charge in [0.25, 0.3) is 0 Å². The molecule has 0 aliphatic carbocycles. The third-order valence-electron chi connectivity index (χ3n) is 7.00. The minimum atomic E-state index is -1.22. The van der Waals surface area contributed by atoms with E-state index in [0.29, 0.717) is 6.42 Å². The Morgan fingerprint density at radius 3 is 1.02 bits per heavy atom. The zero-order valence-corrected chi connectivity index (χ0v) is 30.0. The smallest absolute Gasteiger partial charge is 0.303 e. The second-order valence-electron chi connectivity index (χ2n) is 10.9. The fraction of sp³-hybridized carbons (Fsp3) is 0.781. The van der Waals surface area contributed by atoms with Crippen molar-refractivity contribution in [3.05, 3.63) is 25.1 Å². The summed E-state index contributed by atoms with van der Waals surface area (Å²) >= 11 is 27.9. The Kier molecular flexibility index (Phi) is 32.7. The summed E-state index contributed by atoms with van der Waals surface area (Å²) in [6.45, 7) is 1.23. The summed E-state index contributed by atoms with van der Waals surface area (Å²) in [7, 11) is 0. The summed E-state index contributed by atoms with van der Waals surface area (Å²) in [4.78, 5) is 10.4. The molecule has 0 amide bonds. The van der Waals surface area contributed by atoms with Gasteiger partial charge in [0.15, 0.2) is 5.75 Å².